The van der Waals surface area contributed by atoms with Crippen molar-refractivity contribution in [3.8, 4) is 23.0 Å². The Hall–Kier alpha value is -2.58. The lowest BCUT2D eigenvalue weighted by atomic mass is 10.1. The SMILES string of the molecule is NS(=O)(=O)Cc1ccc(-c2nc(-c3ccccn3)no2)cc1. The fraction of sp³-hybridized carbons (Fsp3) is 0.0714. The third kappa shape index (κ3) is 3.35. The van der Waals surface area contributed by atoms with Gasteiger partial charge < -0.3 is 4.52 Å². The molecule has 2 heterocycles. The first-order valence-electron chi connectivity index (χ1n) is 6.36. The van der Waals surface area contributed by atoms with Gasteiger partial charge in [0.05, 0.1) is 5.75 Å². The minimum Gasteiger partial charge on any atom is -0.334 e. The third-order valence-electron chi connectivity index (χ3n) is 2.89. The van der Waals surface area contributed by atoms with Crippen molar-refractivity contribution in [1.82, 2.24) is 15.1 Å². The second-order valence-corrected chi connectivity index (χ2v) is 6.26. The van der Waals surface area contributed by atoms with Crippen LogP contribution in [0.15, 0.2) is 53.2 Å². The molecule has 0 atom stereocenters. The van der Waals surface area contributed by atoms with Gasteiger partial charge in [0.1, 0.15) is 5.69 Å². The van der Waals surface area contributed by atoms with Crippen molar-refractivity contribution in [2.75, 3.05) is 0 Å². The molecule has 2 aromatic heterocycles. The predicted octanol–water partition coefficient (Wildman–Crippen LogP) is 1.59. The summed E-state index contributed by atoms with van der Waals surface area (Å²) in [6.45, 7) is 0. The van der Waals surface area contributed by atoms with Crippen LogP contribution >= 0.6 is 0 Å². The normalized spacial score (nSPS) is 11.5. The number of aromatic nitrogens is 3. The maximum Gasteiger partial charge on any atom is 0.258 e. The highest BCUT2D eigenvalue weighted by Crippen LogP contribution is 2.21. The molecule has 0 spiro atoms. The molecule has 3 rings (SSSR count). The highest BCUT2D eigenvalue weighted by atomic mass is 32.2. The summed E-state index contributed by atoms with van der Waals surface area (Å²) in [5.41, 5.74) is 1.90. The van der Waals surface area contributed by atoms with Crippen molar-refractivity contribution in [2.24, 2.45) is 5.14 Å². The van der Waals surface area contributed by atoms with Gasteiger partial charge in [-0.1, -0.05) is 23.4 Å². The molecule has 0 bridgehead atoms. The van der Waals surface area contributed by atoms with Gasteiger partial charge in [-0.2, -0.15) is 4.98 Å². The molecular formula is C14H12N4O3S. The van der Waals surface area contributed by atoms with Crippen LogP contribution < -0.4 is 5.14 Å². The van der Waals surface area contributed by atoms with E-state index < -0.39 is 10.0 Å². The second kappa shape index (κ2) is 5.66. The molecule has 0 amide bonds. The third-order valence-corrected chi connectivity index (χ3v) is 3.62. The summed E-state index contributed by atoms with van der Waals surface area (Å²) in [5.74, 6) is 0.517. The van der Waals surface area contributed by atoms with Crippen LogP contribution in [0.3, 0.4) is 0 Å². The first-order chi connectivity index (χ1) is 10.5. The lowest BCUT2D eigenvalue weighted by Crippen LogP contribution is -2.14. The topological polar surface area (TPSA) is 112 Å². The summed E-state index contributed by atoms with van der Waals surface area (Å²) < 4.78 is 27.3. The monoisotopic (exact) mass is 316 g/mol. The Kier molecular flexibility index (Phi) is 3.70. The highest BCUT2D eigenvalue weighted by Gasteiger charge is 2.12. The fourth-order valence-electron chi connectivity index (χ4n) is 1.92. The molecule has 0 aliphatic heterocycles. The van der Waals surface area contributed by atoms with E-state index in [4.69, 9.17) is 9.66 Å². The molecular weight excluding hydrogens is 304 g/mol. The van der Waals surface area contributed by atoms with E-state index >= 15 is 0 Å². The number of nitrogens with zero attached hydrogens (tertiary/aromatic N) is 3. The zero-order chi connectivity index (χ0) is 15.6. The van der Waals surface area contributed by atoms with Gasteiger partial charge in [-0.3, -0.25) is 4.98 Å². The molecule has 112 valence electrons. The van der Waals surface area contributed by atoms with E-state index in [0.29, 0.717) is 28.5 Å². The van der Waals surface area contributed by atoms with Gasteiger partial charge >= 0.3 is 0 Å². The minimum atomic E-state index is -3.55. The Morgan fingerprint density at radius 1 is 1.09 bits per heavy atom. The van der Waals surface area contributed by atoms with Crippen LogP contribution in [0.2, 0.25) is 0 Å². The van der Waals surface area contributed by atoms with Crippen LogP contribution in [0.1, 0.15) is 5.56 Å². The lowest BCUT2D eigenvalue weighted by molar-refractivity contribution is 0.432. The maximum absolute atomic E-state index is 11.0. The van der Waals surface area contributed by atoms with Crippen molar-refractivity contribution in [3.05, 3.63) is 54.2 Å². The van der Waals surface area contributed by atoms with Crippen LogP contribution in [-0.2, 0) is 15.8 Å². The van der Waals surface area contributed by atoms with E-state index in [2.05, 4.69) is 15.1 Å². The van der Waals surface area contributed by atoms with Gasteiger partial charge in [0, 0.05) is 11.8 Å². The van der Waals surface area contributed by atoms with E-state index in [1.807, 2.05) is 6.07 Å². The lowest BCUT2D eigenvalue weighted by Gasteiger charge is -1.99. The molecule has 0 radical (unpaired) electrons. The zero-order valence-corrected chi connectivity index (χ0v) is 12.2. The first kappa shape index (κ1) is 14.4. The zero-order valence-electron chi connectivity index (χ0n) is 11.4. The molecule has 2 N–H and O–H groups in total. The Labute approximate surface area is 126 Å². The molecule has 0 saturated heterocycles. The van der Waals surface area contributed by atoms with Crippen molar-refractivity contribution < 1.29 is 12.9 Å². The summed E-state index contributed by atoms with van der Waals surface area (Å²) in [6.07, 6.45) is 1.65. The number of benzene rings is 1. The largest absolute Gasteiger partial charge is 0.334 e. The minimum absolute atomic E-state index is 0.212. The van der Waals surface area contributed by atoms with Crippen LogP contribution in [0.4, 0.5) is 0 Å². The van der Waals surface area contributed by atoms with E-state index in [1.165, 1.54) is 0 Å². The van der Waals surface area contributed by atoms with Crippen LogP contribution in [0.25, 0.3) is 23.0 Å². The molecule has 0 aliphatic rings. The molecule has 1 aromatic carbocycles. The van der Waals surface area contributed by atoms with Crippen LogP contribution in [-0.4, -0.2) is 23.5 Å². The Morgan fingerprint density at radius 3 is 2.50 bits per heavy atom. The molecule has 0 aliphatic carbocycles. The van der Waals surface area contributed by atoms with Crippen LogP contribution in [0.5, 0.6) is 0 Å². The number of hydrogen-bond acceptors (Lipinski definition) is 6. The Balaban J connectivity index is 1.85. The molecule has 8 heteroatoms. The average Bonchev–Trinajstić information content (AvgIpc) is 2.97. The number of primary sulfonamides is 1. The number of sulfonamides is 1. The average molecular weight is 316 g/mol. The van der Waals surface area contributed by atoms with E-state index in [0.717, 1.165) is 0 Å². The molecule has 3 aromatic rings. The molecule has 0 unspecified atom stereocenters. The molecule has 7 nitrogen and oxygen atoms in total. The number of rotatable bonds is 4. The number of nitrogens with two attached hydrogens (primary N) is 1. The smallest absolute Gasteiger partial charge is 0.258 e. The molecule has 0 saturated carbocycles. The Morgan fingerprint density at radius 2 is 1.86 bits per heavy atom. The van der Waals surface area contributed by atoms with Crippen LogP contribution in [0, 0.1) is 0 Å². The van der Waals surface area contributed by atoms with Gasteiger partial charge in [0.25, 0.3) is 5.89 Å². The van der Waals surface area contributed by atoms with Gasteiger partial charge in [-0.05, 0) is 29.8 Å². The first-order valence-corrected chi connectivity index (χ1v) is 8.08. The fourth-order valence-corrected chi connectivity index (χ4v) is 2.57. The summed E-state index contributed by atoms with van der Waals surface area (Å²) in [5, 5.41) is 8.89. The quantitative estimate of drug-likeness (QED) is 0.782. The van der Waals surface area contributed by atoms with Gasteiger partial charge in [0.2, 0.25) is 15.8 Å². The summed E-state index contributed by atoms with van der Waals surface area (Å²) >= 11 is 0. The van der Waals surface area contributed by atoms with Gasteiger partial charge in [-0.25, -0.2) is 13.6 Å². The number of hydrogen-bond donors (Lipinski definition) is 1. The standard InChI is InChI=1S/C14H12N4O3S/c15-22(19,20)9-10-4-6-11(7-5-10)14-17-13(18-21-14)12-3-1-2-8-16-12/h1-8H,9H2,(H2,15,19,20). The summed E-state index contributed by atoms with van der Waals surface area (Å²) in [6, 6.07) is 12.1. The predicted molar refractivity (Wildman–Crippen MR) is 79.8 cm³/mol. The molecule has 0 fully saturated rings. The Bertz CT molecular complexity index is 874. The van der Waals surface area contributed by atoms with Gasteiger partial charge in [-0.15, -0.1) is 0 Å². The summed E-state index contributed by atoms with van der Waals surface area (Å²) in [7, 11) is -3.55. The second-order valence-electron chi connectivity index (χ2n) is 4.64. The number of pyridine rings is 1. The van der Waals surface area contributed by atoms with E-state index in [9.17, 15) is 8.42 Å². The van der Waals surface area contributed by atoms with E-state index in [1.54, 1.807) is 42.6 Å². The van der Waals surface area contributed by atoms with E-state index in [-0.39, 0.29) is 5.75 Å². The van der Waals surface area contributed by atoms with Crippen molar-refractivity contribution in [1.29, 1.82) is 0 Å². The molecule has 22 heavy (non-hydrogen) atoms. The van der Waals surface area contributed by atoms with Crippen molar-refractivity contribution in [3.63, 3.8) is 0 Å². The van der Waals surface area contributed by atoms with Crippen molar-refractivity contribution >= 4 is 10.0 Å². The van der Waals surface area contributed by atoms with Gasteiger partial charge in [0.15, 0.2) is 0 Å². The van der Waals surface area contributed by atoms with Crippen molar-refractivity contribution in [2.45, 2.75) is 5.75 Å². The maximum atomic E-state index is 11.0. The highest BCUT2D eigenvalue weighted by molar-refractivity contribution is 7.88. The summed E-state index contributed by atoms with van der Waals surface area (Å²) in [4.78, 5) is 8.42.